The van der Waals surface area contributed by atoms with Crippen molar-refractivity contribution in [3.05, 3.63) is 83.0 Å². The highest BCUT2D eigenvalue weighted by molar-refractivity contribution is 6.05. The van der Waals surface area contributed by atoms with Crippen LogP contribution in [0.15, 0.2) is 60.8 Å². The summed E-state index contributed by atoms with van der Waals surface area (Å²) >= 11 is 0. The summed E-state index contributed by atoms with van der Waals surface area (Å²) in [5.41, 5.74) is -0.648. The number of halogens is 6. The van der Waals surface area contributed by atoms with Crippen LogP contribution in [0.3, 0.4) is 0 Å². The normalized spacial score (nSPS) is 12.1. The van der Waals surface area contributed by atoms with Gasteiger partial charge >= 0.3 is 12.4 Å². The van der Waals surface area contributed by atoms with Crippen molar-refractivity contribution in [2.45, 2.75) is 39.5 Å². The number of nitrogens with one attached hydrogen (secondary N) is 2. The van der Waals surface area contributed by atoms with E-state index >= 15 is 0 Å². The molecule has 0 spiro atoms. The molecule has 0 saturated carbocycles. The number of carbonyl (C=O) groups excluding carboxylic acids is 1. The van der Waals surface area contributed by atoms with Gasteiger partial charge in [0.2, 0.25) is 5.95 Å². The molecule has 6 nitrogen and oxygen atoms in total. The summed E-state index contributed by atoms with van der Waals surface area (Å²) in [5, 5.41) is 6.44. The van der Waals surface area contributed by atoms with Gasteiger partial charge in [0.25, 0.3) is 5.91 Å². The number of nitrogens with zero attached hydrogens (tertiary/aromatic N) is 3. The molecule has 43 heavy (non-hydrogen) atoms. The molecule has 0 aliphatic heterocycles. The fourth-order valence-electron chi connectivity index (χ4n) is 4.63. The van der Waals surface area contributed by atoms with Gasteiger partial charge in [0.15, 0.2) is 0 Å². The lowest BCUT2D eigenvalue weighted by molar-refractivity contribution is -0.143. The summed E-state index contributed by atoms with van der Waals surface area (Å²) in [4.78, 5) is 24.1. The number of alkyl halides is 6. The van der Waals surface area contributed by atoms with Crippen LogP contribution in [0, 0.1) is 6.92 Å². The van der Waals surface area contributed by atoms with E-state index in [0.29, 0.717) is 23.6 Å². The fourth-order valence-corrected chi connectivity index (χ4v) is 4.63. The van der Waals surface area contributed by atoms with E-state index in [2.05, 4.69) is 39.3 Å². The SMILES string of the molecule is CCN(CC)CCCNc1ncc2cc(-c3cc(NC(=O)c4cc(C(F)(F)F)cc(C(F)(F)F)c4)ccc3C)ccc2n1. The highest BCUT2D eigenvalue weighted by Crippen LogP contribution is 2.37. The molecule has 2 N–H and O–H groups in total. The van der Waals surface area contributed by atoms with Crippen LogP contribution in [-0.4, -0.2) is 47.0 Å². The van der Waals surface area contributed by atoms with Gasteiger partial charge in [0.1, 0.15) is 0 Å². The highest BCUT2D eigenvalue weighted by Gasteiger charge is 2.37. The molecule has 12 heteroatoms. The number of hydrogen-bond acceptors (Lipinski definition) is 5. The third kappa shape index (κ3) is 8.01. The van der Waals surface area contributed by atoms with E-state index in [1.165, 1.54) is 6.07 Å². The Balaban J connectivity index is 1.53. The van der Waals surface area contributed by atoms with Gasteiger partial charge in [-0.1, -0.05) is 26.0 Å². The molecular formula is C31H31F6N5O. The molecule has 0 fully saturated rings. The maximum atomic E-state index is 13.3. The molecule has 4 rings (SSSR count). The van der Waals surface area contributed by atoms with E-state index in [1.807, 2.05) is 25.1 Å². The molecule has 0 atom stereocenters. The molecule has 0 bridgehead atoms. The Morgan fingerprint density at radius 2 is 1.56 bits per heavy atom. The first kappa shape index (κ1) is 31.7. The minimum atomic E-state index is -5.06. The van der Waals surface area contributed by atoms with Crippen LogP contribution in [0.5, 0.6) is 0 Å². The first-order chi connectivity index (χ1) is 20.3. The maximum absolute atomic E-state index is 13.3. The van der Waals surface area contributed by atoms with Crippen molar-refractivity contribution in [3.63, 3.8) is 0 Å². The van der Waals surface area contributed by atoms with Crippen LogP contribution in [0.2, 0.25) is 0 Å². The summed E-state index contributed by atoms with van der Waals surface area (Å²) in [5.74, 6) is -0.584. The molecule has 3 aromatic carbocycles. The van der Waals surface area contributed by atoms with E-state index in [9.17, 15) is 31.1 Å². The van der Waals surface area contributed by atoms with Gasteiger partial charge in [-0.05, 0) is 92.1 Å². The first-order valence-corrected chi connectivity index (χ1v) is 13.7. The second-order valence-electron chi connectivity index (χ2n) is 10.1. The van der Waals surface area contributed by atoms with Gasteiger partial charge in [-0.25, -0.2) is 9.97 Å². The maximum Gasteiger partial charge on any atom is 0.416 e. The Morgan fingerprint density at radius 3 is 2.19 bits per heavy atom. The molecule has 1 aromatic heterocycles. The molecule has 0 radical (unpaired) electrons. The number of carbonyl (C=O) groups is 1. The smallest absolute Gasteiger partial charge is 0.354 e. The monoisotopic (exact) mass is 603 g/mol. The zero-order valence-electron chi connectivity index (χ0n) is 23.8. The van der Waals surface area contributed by atoms with Crippen molar-refractivity contribution in [2.24, 2.45) is 0 Å². The van der Waals surface area contributed by atoms with E-state index < -0.39 is 35.0 Å². The van der Waals surface area contributed by atoms with Gasteiger partial charge in [0.05, 0.1) is 16.6 Å². The second-order valence-corrected chi connectivity index (χ2v) is 10.1. The highest BCUT2D eigenvalue weighted by atomic mass is 19.4. The average molecular weight is 604 g/mol. The van der Waals surface area contributed by atoms with Gasteiger partial charge in [-0.2, -0.15) is 26.3 Å². The average Bonchev–Trinajstić information content (AvgIpc) is 2.96. The lowest BCUT2D eigenvalue weighted by Crippen LogP contribution is -2.25. The first-order valence-electron chi connectivity index (χ1n) is 13.7. The molecule has 0 unspecified atom stereocenters. The number of fused-ring (bicyclic) bond motifs is 1. The number of benzene rings is 3. The summed E-state index contributed by atoms with van der Waals surface area (Å²) in [6.45, 7) is 9.80. The molecule has 4 aromatic rings. The van der Waals surface area contributed by atoms with Crippen LogP contribution < -0.4 is 10.6 Å². The zero-order valence-corrected chi connectivity index (χ0v) is 23.8. The minimum absolute atomic E-state index is 0.0172. The van der Waals surface area contributed by atoms with Crippen LogP contribution in [0.25, 0.3) is 22.0 Å². The third-order valence-corrected chi connectivity index (χ3v) is 7.06. The van der Waals surface area contributed by atoms with Gasteiger partial charge in [-0.15, -0.1) is 0 Å². The van der Waals surface area contributed by atoms with Crippen LogP contribution in [0.1, 0.15) is 47.3 Å². The Bertz CT molecular complexity index is 1570. The number of aromatic nitrogens is 2. The van der Waals surface area contributed by atoms with Crippen molar-refractivity contribution in [3.8, 4) is 11.1 Å². The molecule has 0 aliphatic rings. The number of rotatable bonds is 10. The second kappa shape index (κ2) is 13.0. The number of hydrogen-bond donors (Lipinski definition) is 2. The van der Waals surface area contributed by atoms with E-state index in [0.717, 1.165) is 54.6 Å². The Morgan fingerprint density at radius 1 is 0.884 bits per heavy atom. The Hall–Kier alpha value is -4.19. The van der Waals surface area contributed by atoms with Crippen LogP contribution in [-0.2, 0) is 12.4 Å². The van der Waals surface area contributed by atoms with Crippen molar-refractivity contribution < 1.29 is 31.1 Å². The van der Waals surface area contributed by atoms with Gasteiger partial charge in [0, 0.05) is 29.4 Å². The lowest BCUT2D eigenvalue weighted by Gasteiger charge is -2.17. The summed E-state index contributed by atoms with van der Waals surface area (Å²) in [6.07, 6.45) is -7.47. The predicted octanol–water partition coefficient (Wildman–Crippen LogP) is 8.04. The van der Waals surface area contributed by atoms with E-state index in [1.54, 1.807) is 18.3 Å². The van der Waals surface area contributed by atoms with E-state index in [4.69, 9.17) is 0 Å². The van der Waals surface area contributed by atoms with Crippen molar-refractivity contribution >= 4 is 28.4 Å². The van der Waals surface area contributed by atoms with Crippen molar-refractivity contribution in [2.75, 3.05) is 36.8 Å². The predicted molar refractivity (Wildman–Crippen MR) is 155 cm³/mol. The third-order valence-electron chi connectivity index (χ3n) is 7.06. The molecule has 1 amide bonds. The topological polar surface area (TPSA) is 70.2 Å². The summed E-state index contributed by atoms with van der Waals surface area (Å²) in [6, 6.07) is 11.2. The summed E-state index contributed by atoms with van der Waals surface area (Å²) in [7, 11) is 0. The lowest BCUT2D eigenvalue weighted by atomic mass is 9.98. The zero-order chi connectivity index (χ0) is 31.4. The van der Waals surface area contributed by atoms with Crippen molar-refractivity contribution in [1.82, 2.24) is 14.9 Å². The van der Waals surface area contributed by atoms with Crippen molar-refractivity contribution in [1.29, 1.82) is 0 Å². The fraction of sp³-hybridized carbons (Fsp3) is 0.323. The molecule has 0 saturated heterocycles. The van der Waals surface area contributed by atoms with Crippen LogP contribution >= 0.6 is 0 Å². The number of aryl methyl sites for hydroxylation is 1. The molecule has 228 valence electrons. The molecule has 1 heterocycles. The molecule has 0 aliphatic carbocycles. The molecular weight excluding hydrogens is 572 g/mol. The quantitative estimate of drug-likeness (QED) is 0.142. The number of anilines is 2. The Labute approximate surface area is 245 Å². The van der Waals surface area contributed by atoms with E-state index in [-0.39, 0.29) is 11.8 Å². The van der Waals surface area contributed by atoms with Gasteiger partial charge in [-0.3, -0.25) is 4.79 Å². The minimum Gasteiger partial charge on any atom is -0.354 e. The standard InChI is InChI=1S/C31H31F6N5O/c1-4-42(5-2)12-6-11-38-29-39-18-22-13-20(8-10-27(22)41-29)26-17-25(9-7-19(26)3)40-28(43)21-14-23(30(32,33)34)16-24(15-21)31(35,36)37/h7-10,13-18H,4-6,11-12H2,1-3H3,(H,40,43)(H,38,39,41). The number of amides is 1. The summed E-state index contributed by atoms with van der Waals surface area (Å²) < 4.78 is 79.5. The van der Waals surface area contributed by atoms with Gasteiger partial charge < -0.3 is 15.5 Å². The largest absolute Gasteiger partial charge is 0.416 e. The Kier molecular flexibility index (Phi) is 9.59. The van der Waals surface area contributed by atoms with Crippen LogP contribution in [0.4, 0.5) is 38.0 Å².